The van der Waals surface area contributed by atoms with Crippen molar-refractivity contribution in [1.82, 2.24) is 0 Å². The molecule has 0 aromatic heterocycles. The number of carbonyl (C=O) groups is 1. The van der Waals surface area contributed by atoms with Gasteiger partial charge < -0.3 is 9.80 Å². The monoisotopic (exact) mass is 304 g/mol. The minimum Gasteiger partial charge on any atom is -0.375 e. The normalized spacial score (nSPS) is 19.5. The summed E-state index contributed by atoms with van der Waals surface area (Å²) in [5, 5.41) is -1.38. The van der Waals surface area contributed by atoms with Crippen molar-refractivity contribution in [2.45, 2.75) is 11.7 Å². The summed E-state index contributed by atoms with van der Waals surface area (Å²) in [5.74, 6) is -1.07. The van der Waals surface area contributed by atoms with Crippen LogP contribution in [0.5, 0.6) is 0 Å². The van der Waals surface area contributed by atoms with Crippen LogP contribution in [-0.4, -0.2) is 40.2 Å². The molecule has 5 nitrogen and oxygen atoms in total. The molecule has 0 bridgehead atoms. The van der Waals surface area contributed by atoms with Crippen molar-refractivity contribution in [1.29, 1.82) is 0 Å². The Kier molecular flexibility index (Phi) is 3.68. The van der Waals surface area contributed by atoms with E-state index in [4.69, 9.17) is 0 Å². The first kappa shape index (κ1) is 14.7. The largest absolute Gasteiger partial charge is 0.375 e. The molecule has 0 aliphatic carbocycles. The number of nitrogens with zero attached hydrogens (tertiary/aromatic N) is 2. The lowest BCUT2D eigenvalue weighted by atomic mass is 10.2. The zero-order chi connectivity index (χ0) is 15.1. The van der Waals surface area contributed by atoms with Crippen LogP contribution >= 0.6 is 0 Å². The molecule has 8 heteroatoms. The maximum absolute atomic E-state index is 13.8. The Hall–Kier alpha value is -1.70. The summed E-state index contributed by atoms with van der Waals surface area (Å²) in [6.07, 6.45) is -0.421. The second kappa shape index (κ2) is 5.01. The van der Waals surface area contributed by atoms with E-state index < -0.39 is 33.6 Å². The third-order valence-electron chi connectivity index (χ3n) is 3.21. The molecule has 1 aromatic rings. The Morgan fingerprint density at radius 1 is 1.35 bits per heavy atom. The van der Waals surface area contributed by atoms with Crippen LogP contribution in [0.15, 0.2) is 18.2 Å². The molecule has 1 amide bonds. The Labute approximate surface area is 116 Å². The van der Waals surface area contributed by atoms with E-state index in [0.29, 0.717) is 5.69 Å². The first-order chi connectivity index (χ1) is 9.20. The van der Waals surface area contributed by atoms with Crippen LogP contribution in [0.2, 0.25) is 0 Å². The van der Waals surface area contributed by atoms with Gasteiger partial charge >= 0.3 is 10.2 Å². The maximum Gasteiger partial charge on any atom is 0.307 e. The molecule has 0 saturated carbocycles. The average Bonchev–Trinajstić information content (AvgIpc) is 2.70. The van der Waals surface area contributed by atoms with Gasteiger partial charge in [0, 0.05) is 32.7 Å². The highest BCUT2D eigenvalue weighted by Crippen LogP contribution is 2.29. The van der Waals surface area contributed by atoms with Gasteiger partial charge in [-0.05, 0) is 18.2 Å². The van der Waals surface area contributed by atoms with Crippen LogP contribution in [0.25, 0.3) is 0 Å². The van der Waals surface area contributed by atoms with Gasteiger partial charge in [0.15, 0.2) is 0 Å². The first-order valence-corrected chi connectivity index (χ1v) is 7.35. The molecule has 1 aliphatic heterocycles. The van der Waals surface area contributed by atoms with Crippen molar-refractivity contribution in [2.75, 3.05) is 30.4 Å². The van der Waals surface area contributed by atoms with Crippen LogP contribution in [0.3, 0.4) is 0 Å². The minimum atomic E-state index is -4.77. The fourth-order valence-electron chi connectivity index (χ4n) is 2.14. The summed E-state index contributed by atoms with van der Waals surface area (Å²) < 4.78 is 48.4. The molecule has 1 heterocycles. The molecule has 1 unspecified atom stereocenters. The predicted octanol–water partition coefficient (Wildman–Crippen LogP) is 1.30. The van der Waals surface area contributed by atoms with E-state index in [9.17, 15) is 21.5 Å². The van der Waals surface area contributed by atoms with Gasteiger partial charge in [0.2, 0.25) is 5.91 Å². The van der Waals surface area contributed by atoms with Crippen LogP contribution in [-0.2, 0) is 15.0 Å². The number of carbonyl (C=O) groups excluding carboxylic acids is 1. The number of hydrogen-bond acceptors (Lipinski definition) is 4. The fraction of sp³-hybridized carbons (Fsp3) is 0.417. The molecule has 110 valence electrons. The van der Waals surface area contributed by atoms with E-state index in [-0.39, 0.29) is 12.2 Å². The number of amides is 1. The van der Waals surface area contributed by atoms with Gasteiger partial charge in [-0.2, -0.15) is 8.42 Å². The standard InChI is InChI=1S/C12H14F2N2O3S/c1-15(2)11-4-3-8(5-10(11)13)16-7-9(6-12(16)17)20(14,18)19/h3-5,9H,6-7H2,1-2H3. The summed E-state index contributed by atoms with van der Waals surface area (Å²) in [5.41, 5.74) is 0.569. The molecule has 1 atom stereocenters. The van der Waals surface area contributed by atoms with Crippen LogP contribution in [0.1, 0.15) is 6.42 Å². The van der Waals surface area contributed by atoms with Gasteiger partial charge in [0.05, 0.1) is 5.69 Å². The van der Waals surface area contributed by atoms with Crippen molar-refractivity contribution in [3.8, 4) is 0 Å². The molecule has 1 saturated heterocycles. The third-order valence-corrected chi connectivity index (χ3v) is 4.32. The van der Waals surface area contributed by atoms with Gasteiger partial charge in [0.25, 0.3) is 0 Å². The number of rotatable bonds is 3. The summed E-state index contributed by atoms with van der Waals surface area (Å²) >= 11 is 0. The van der Waals surface area contributed by atoms with Crippen LogP contribution in [0.4, 0.5) is 19.7 Å². The van der Waals surface area contributed by atoms with Gasteiger partial charge in [-0.3, -0.25) is 4.79 Å². The molecular weight excluding hydrogens is 290 g/mol. The number of benzene rings is 1. The highest BCUT2D eigenvalue weighted by Gasteiger charge is 2.39. The van der Waals surface area contributed by atoms with Gasteiger partial charge in [-0.15, -0.1) is 3.89 Å². The first-order valence-electron chi connectivity index (χ1n) is 5.91. The third kappa shape index (κ3) is 2.74. The highest BCUT2D eigenvalue weighted by molar-refractivity contribution is 7.87. The van der Waals surface area contributed by atoms with E-state index in [1.54, 1.807) is 19.0 Å². The van der Waals surface area contributed by atoms with Crippen molar-refractivity contribution in [2.24, 2.45) is 0 Å². The minimum absolute atomic E-state index is 0.226. The Bertz CT molecular complexity index is 646. The predicted molar refractivity (Wildman–Crippen MR) is 71.5 cm³/mol. The lowest BCUT2D eigenvalue weighted by Gasteiger charge is -2.19. The molecular formula is C12H14F2N2O3S. The SMILES string of the molecule is CN(C)c1ccc(N2CC(S(=O)(=O)F)CC2=O)cc1F. The molecule has 1 aliphatic rings. The topological polar surface area (TPSA) is 57.7 Å². The number of hydrogen-bond donors (Lipinski definition) is 0. The smallest absolute Gasteiger partial charge is 0.307 e. The highest BCUT2D eigenvalue weighted by atomic mass is 32.3. The average molecular weight is 304 g/mol. The maximum atomic E-state index is 13.8. The second-order valence-corrected chi connectivity index (χ2v) is 6.45. The summed E-state index contributed by atoms with van der Waals surface area (Å²) in [6, 6.07) is 4.12. The molecule has 0 radical (unpaired) electrons. The number of halogens is 2. The molecule has 20 heavy (non-hydrogen) atoms. The van der Waals surface area contributed by atoms with Crippen molar-refractivity contribution >= 4 is 27.5 Å². The Morgan fingerprint density at radius 2 is 2.00 bits per heavy atom. The molecule has 2 rings (SSSR count). The van der Waals surface area contributed by atoms with E-state index >= 15 is 0 Å². The summed E-state index contributed by atoms with van der Waals surface area (Å²) in [4.78, 5) is 14.4. The van der Waals surface area contributed by atoms with Crippen LogP contribution in [0, 0.1) is 5.82 Å². The van der Waals surface area contributed by atoms with Crippen LogP contribution < -0.4 is 9.80 Å². The van der Waals surface area contributed by atoms with E-state index in [1.807, 2.05) is 0 Å². The Balaban J connectivity index is 2.29. The molecule has 0 spiro atoms. The second-order valence-electron chi connectivity index (χ2n) is 4.84. The van der Waals surface area contributed by atoms with Gasteiger partial charge in [0.1, 0.15) is 11.1 Å². The zero-order valence-corrected chi connectivity index (χ0v) is 11.8. The van der Waals surface area contributed by atoms with Gasteiger partial charge in [-0.25, -0.2) is 4.39 Å². The van der Waals surface area contributed by atoms with E-state index in [0.717, 1.165) is 11.0 Å². The molecule has 1 aromatic carbocycles. The molecule has 1 fully saturated rings. The van der Waals surface area contributed by atoms with Crippen molar-refractivity contribution in [3.05, 3.63) is 24.0 Å². The zero-order valence-electron chi connectivity index (χ0n) is 11.0. The van der Waals surface area contributed by atoms with Crippen molar-refractivity contribution < 1.29 is 21.5 Å². The van der Waals surface area contributed by atoms with E-state index in [2.05, 4.69) is 0 Å². The number of anilines is 2. The summed E-state index contributed by atoms with van der Waals surface area (Å²) in [7, 11) is -1.43. The Morgan fingerprint density at radius 3 is 2.45 bits per heavy atom. The van der Waals surface area contributed by atoms with Gasteiger partial charge in [-0.1, -0.05) is 0 Å². The lowest BCUT2D eigenvalue weighted by molar-refractivity contribution is -0.117. The van der Waals surface area contributed by atoms with E-state index in [1.165, 1.54) is 12.1 Å². The fourth-order valence-corrected chi connectivity index (χ4v) is 2.81. The van der Waals surface area contributed by atoms with Crippen molar-refractivity contribution in [3.63, 3.8) is 0 Å². The lowest BCUT2D eigenvalue weighted by Crippen LogP contribution is -2.27. The summed E-state index contributed by atoms with van der Waals surface area (Å²) in [6.45, 7) is -0.293. The molecule has 0 N–H and O–H groups in total. The quantitative estimate of drug-likeness (QED) is 0.790.